The predicted molar refractivity (Wildman–Crippen MR) is 72.9 cm³/mol. The lowest BCUT2D eigenvalue weighted by molar-refractivity contribution is 0.415. The fraction of sp³-hybridized carbons (Fsp3) is 0.133. The van der Waals surface area contributed by atoms with Crippen molar-refractivity contribution in [3.8, 4) is 11.5 Å². The first-order valence-corrected chi connectivity index (χ1v) is 5.84. The summed E-state index contributed by atoms with van der Waals surface area (Å²) in [6.45, 7) is 1.86. The summed E-state index contributed by atoms with van der Waals surface area (Å²) in [5, 5.41) is 11.7. The van der Waals surface area contributed by atoms with E-state index in [4.69, 9.17) is 9.15 Å². The Bertz CT molecular complexity index is 846. The Kier molecular flexibility index (Phi) is 2.45. The number of hydrogen-bond donors (Lipinski definition) is 1. The van der Waals surface area contributed by atoms with Crippen LogP contribution in [-0.4, -0.2) is 12.2 Å². The third kappa shape index (κ3) is 1.73. The standard InChI is InChI=1S/C15H12O4/c1-8-5-9(16)6-13-14(8)12-7-10(18-2)3-4-11(12)15(17)19-13/h3-7,16H,1-2H3. The number of fused-ring (bicyclic) bond motifs is 3. The highest BCUT2D eigenvalue weighted by Gasteiger charge is 2.11. The van der Waals surface area contributed by atoms with Crippen LogP contribution in [-0.2, 0) is 0 Å². The highest BCUT2D eigenvalue weighted by atomic mass is 16.5. The SMILES string of the molecule is COc1ccc2c(=O)oc3cc(O)cc(C)c3c2c1. The van der Waals surface area contributed by atoms with Gasteiger partial charge < -0.3 is 14.3 Å². The largest absolute Gasteiger partial charge is 0.508 e. The van der Waals surface area contributed by atoms with Crippen molar-refractivity contribution in [3.05, 3.63) is 46.3 Å². The molecule has 1 aromatic heterocycles. The molecule has 0 aliphatic rings. The highest BCUT2D eigenvalue weighted by molar-refractivity contribution is 6.06. The molecule has 3 rings (SSSR count). The Balaban J connectivity index is 2.59. The monoisotopic (exact) mass is 256 g/mol. The summed E-state index contributed by atoms with van der Waals surface area (Å²) in [7, 11) is 1.58. The summed E-state index contributed by atoms with van der Waals surface area (Å²) in [6.07, 6.45) is 0. The molecule has 4 heteroatoms. The fourth-order valence-electron chi connectivity index (χ4n) is 2.35. The molecule has 2 aromatic carbocycles. The zero-order valence-corrected chi connectivity index (χ0v) is 10.6. The van der Waals surface area contributed by atoms with Crippen molar-refractivity contribution in [2.75, 3.05) is 7.11 Å². The fourth-order valence-corrected chi connectivity index (χ4v) is 2.35. The highest BCUT2D eigenvalue weighted by Crippen LogP contribution is 2.31. The van der Waals surface area contributed by atoms with Gasteiger partial charge in [-0.3, -0.25) is 0 Å². The van der Waals surface area contributed by atoms with Gasteiger partial charge in [0.05, 0.1) is 12.5 Å². The van der Waals surface area contributed by atoms with Gasteiger partial charge in [0.1, 0.15) is 17.1 Å². The number of phenolic OH excluding ortho intramolecular Hbond substituents is 1. The molecule has 0 atom stereocenters. The van der Waals surface area contributed by atoms with Crippen molar-refractivity contribution in [2.24, 2.45) is 0 Å². The van der Waals surface area contributed by atoms with Crippen LogP contribution in [0.15, 0.2) is 39.5 Å². The molecule has 0 aliphatic carbocycles. The Labute approximate surface area is 108 Å². The van der Waals surface area contributed by atoms with Gasteiger partial charge >= 0.3 is 5.63 Å². The predicted octanol–water partition coefficient (Wildman–Crippen LogP) is 2.97. The molecule has 19 heavy (non-hydrogen) atoms. The molecule has 0 aliphatic heterocycles. The van der Waals surface area contributed by atoms with Gasteiger partial charge in [0.2, 0.25) is 0 Å². The first-order valence-electron chi connectivity index (χ1n) is 5.84. The van der Waals surface area contributed by atoms with E-state index >= 15 is 0 Å². The van der Waals surface area contributed by atoms with Crippen molar-refractivity contribution in [1.29, 1.82) is 0 Å². The number of phenols is 1. The van der Waals surface area contributed by atoms with E-state index in [1.165, 1.54) is 6.07 Å². The molecule has 0 spiro atoms. The molecule has 0 bridgehead atoms. The average molecular weight is 256 g/mol. The number of benzene rings is 2. The van der Waals surface area contributed by atoms with Gasteiger partial charge in [-0.05, 0) is 36.8 Å². The molecule has 0 unspecified atom stereocenters. The number of aromatic hydroxyl groups is 1. The number of hydrogen-bond acceptors (Lipinski definition) is 4. The van der Waals surface area contributed by atoms with Crippen molar-refractivity contribution < 1.29 is 14.3 Å². The Morgan fingerprint density at radius 2 is 1.95 bits per heavy atom. The molecule has 0 fully saturated rings. The number of rotatable bonds is 1. The second-order valence-electron chi connectivity index (χ2n) is 4.44. The molecule has 96 valence electrons. The number of ether oxygens (including phenoxy) is 1. The Morgan fingerprint density at radius 3 is 2.68 bits per heavy atom. The third-order valence-corrected chi connectivity index (χ3v) is 3.20. The van der Waals surface area contributed by atoms with Crippen molar-refractivity contribution in [3.63, 3.8) is 0 Å². The molecule has 1 N–H and O–H groups in total. The summed E-state index contributed by atoms with van der Waals surface area (Å²) in [6, 6.07) is 8.30. The maximum atomic E-state index is 11.9. The molecule has 0 saturated heterocycles. The summed E-state index contributed by atoms with van der Waals surface area (Å²) in [5.74, 6) is 0.752. The number of methoxy groups -OCH3 is 1. The van der Waals surface area contributed by atoms with Gasteiger partial charge in [0.25, 0.3) is 0 Å². The van der Waals surface area contributed by atoms with E-state index in [0.29, 0.717) is 16.7 Å². The van der Waals surface area contributed by atoms with E-state index in [1.807, 2.05) is 6.92 Å². The maximum absolute atomic E-state index is 11.9. The zero-order valence-electron chi connectivity index (χ0n) is 10.6. The van der Waals surface area contributed by atoms with Crippen LogP contribution in [0.4, 0.5) is 0 Å². The van der Waals surface area contributed by atoms with E-state index in [9.17, 15) is 9.90 Å². The molecular formula is C15H12O4. The average Bonchev–Trinajstić information content (AvgIpc) is 2.37. The van der Waals surface area contributed by atoms with Crippen LogP contribution in [0.25, 0.3) is 21.7 Å². The van der Waals surface area contributed by atoms with Crippen molar-refractivity contribution in [2.45, 2.75) is 6.92 Å². The van der Waals surface area contributed by atoms with E-state index in [2.05, 4.69) is 0 Å². The first kappa shape index (κ1) is 11.6. The van der Waals surface area contributed by atoms with E-state index in [1.54, 1.807) is 31.4 Å². The van der Waals surface area contributed by atoms with Crippen LogP contribution in [0.3, 0.4) is 0 Å². The van der Waals surface area contributed by atoms with Crippen LogP contribution in [0.2, 0.25) is 0 Å². The summed E-state index contributed by atoms with van der Waals surface area (Å²) >= 11 is 0. The second kappa shape index (κ2) is 4.02. The van der Waals surface area contributed by atoms with Gasteiger partial charge in [-0.25, -0.2) is 4.79 Å². The topological polar surface area (TPSA) is 59.7 Å². The molecule has 0 amide bonds. The Morgan fingerprint density at radius 1 is 1.16 bits per heavy atom. The molecule has 0 radical (unpaired) electrons. The zero-order chi connectivity index (χ0) is 13.6. The molecular weight excluding hydrogens is 244 g/mol. The van der Waals surface area contributed by atoms with Gasteiger partial charge in [0, 0.05) is 16.8 Å². The number of aryl methyl sites for hydroxylation is 1. The van der Waals surface area contributed by atoms with Crippen LogP contribution >= 0.6 is 0 Å². The van der Waals surface area contributed by atoms with Crippen LogP contribution in [0.5, 0.6) is 11.5 Å². The summed E-state index contributed by atoms with van der Waals surface area (Å²) in [5.41, 5.74) is 0.801. The van der Waals surface area contributed by atoms with Crippen molar-refractivity contribution in [1.82, 2.24) is 0 Å². The minimum Gasteiger partial charge on any atom is -0.508 e. The second-order valence-corrected chi connectivity index (χ2v) is 4.44. The van der Waals surface area contributed by atoms with E-state index < -0.39 is 5.63 Å². The summed E-state index contributed by atoms with van der Waals surface area (Å²) < 4.78 is 10.4. The van der Waals surface area contributed by atoms with Gasteiger partial charge in [-0.15, -0.1) is 0 Å². The summed E-state index contributed by atoms with van der Waals surface area (Å²) in [4.78, 5) is 11.9. The van der Waals surface area contributed by atoms with Crippen LogP contribution in [0, 0.1) is 6.92 Å². The lowest BCUT2D eigenvalue weighted by Gasteiger charge is -2.07. The van der Waals surface area contributed by atoms with E-state index in [-0.39, 0.29) is 5.75 Å². The van der Waals surface area contributed by atoms with E-state index in [0.717, 1.165) is 16.3 Å². The normalized spacial score (nSPS) is 11.1. The lowest BCUT2D eigenvalue weighted by atomic mass is 10.0. The molecule has 1 heterocycles. The third-order valence-electron chi connectivity index (χ3n) is 3.20. The molecule has 0 saturated carbocycles. The van der Waals surface area contributed by atoms with Gasteiger partial charge in [-0.2, -0.15) is 0 Å². The lowest BCUT2D eigenvalue weighted by Crippen LogP contribution is -2.00. The molecule has 3 aromatic rings. The first-order chi connectivity index (χ1) is 9.10. The minimum atomic E-state index is -0.421. The van der Waals surface area contributed by atoms with Crippen molar-refractivity contribution >= 4 is 21.7 Å². The van der Waals surface area contributed by atoms with Gasteiger partial charge in [-0.1, -0.05) is 0 Å². The molecule has 4 nitrogen and oxygen atoms in total. The minimum absolute atomic E-state index is 0.0791. The van der Waals surface area contributed by atoms with Gasteiger partial charge in [0.15, 0.2) is 0 Å². The maximum Gasteiger partial charge on any atom is 0.344 e. The Hall–Kier alpha value is -2.49. The van der Waals surface area contributed by atoms with Crippen LogP contribution in [0.1, 0.15) is 5.56 Å². The quantitative estimate of drug-likeness (QED) is 0.537. The smallest absolute Gasteiger partial charge is 0.344 e. The van der Waals surface area contributed by atoms with Crippen LogP contribution < -0.4 is 10.4 Å².